The van der Waals surface area contributed by atoms with Gasteiger partial charge in [-0.3, -0.25) is 9.59 Å². The number of aliphatic carboxylic acids is 1. The van der Waals surface area contributed by atoms with Crippen LogP contribution in [0.5, 0.6) is 0 Å². The summed E-state index contributed by atoms with van der Waals surface area (Å²) in [6.45, 7) is 1.38. The lowest BCUT2D eigenvalue weighted by atomic mass is 9.73. The average Bonchev–Trinajstić information content (AvgIpc) is 3.12. The Morgan fingerprint density at radius 1 is 0.882 bits per heavy atom. The van der Waals surface area contributed by atoms with E-state index in [2.05, 4.69) is 34.9 Å². The van der Waals surface area contributed by atoms with Crippen molar-refractivity contribution in [2.75, 3.05) is 19.7 Å². The number of carbonyl (C=O) groups is 3. The van der Waals surface area contributed by atoms with E-state index in [-0.39, 0.29) is 18.2 Å². The number of fused-ring (bicyclic) bond motifs is 3. The van der Waals surface area contributed by atoms with Gasteiger partial charge in [0, 0.05) is 31.8 Å². The number of alkyl carbamates (subject to hydrolysis) is 1. The van der Waals surface area contributed by atoms with Gasteiger partial charge in [0.1, 0.15) is 6.61 Å². The number of ether oxygens (including phenoxy) is 1. The molecule has 180 valence electrons. The molecule has 4 rings (SSSR count). The molecule has 7 nitrogen and oxygen atoms in total. The van der Waals surface area contributed by atoms with Gasteiger partial charge in [0.2, 0.25) is 5.91 Å². The van der Waals surface area contributed by atoms with Crippen molar-refractivity contribution in [3.63, 3.8) is 0 Å². The van der Waals surface area contributed by atoms with Crippen LogP contribution in [0, 0.1) is 11.8 Å². The van der Waals surface area contributed by atoms with E-state index in [1.807, 2.05) is 24.3 Å². The van der Waals surface area contributed by atoms with E-state index in [1.165, 1.54) is 22.3 Å². The van der Waals surface area contributed by atoms with Crippen molar-refractivity contribution >= 4 is 18.0 Å². The molecule has 2 amide bonds. The van der Waals surface area contributed by atoms with Crippen molar-refractivity contribution in [1.29, 1.82) is 0 Å². The molecule has 0 heterocycles. The van der Waals surface area contributed by atoms with Gasteiger partial charge in [-0.1, -0.05) is 48.5 Å². The number of nitrogens with one attached hydrogen (secondary N) is 2. The predicted molar refractivity (Wildman–Crippen MR) is 128 cm³/mol. The molecule has 2 aliphatic carbocycles. The highest BCUT2D eigenvalue weighted by Crippen LogP contribution is 2.44. The molecule has 0 saturated heterocycles. The van der Waals surface area contributed by atoms with E-state index in [4.69, 9.17) is 9.84 Å². The minimum Gasteiger partial charge on any atom is -0.481 e. The molecular formula is C27H32N2O5. The summed E-state index contributed by atoms with van der Waals surface area (Å²) >= 11 is 0. The second-order valence-corrected chi connectivity index (χ2v) is 9.31. The van der Waals surface area contributed by atoms with Crippen molar-refractivity contribution in [3.8, 4) is 11.1 Å². The predicted octanol–water partition coefficient (Wildman–Crippen LogP) is 4.31. The Kier molecular flexibility index (Phi) is 7.83. The van der Waals surface area contributed by atoms with Crippen LogP contribution >= 0.6 is 0 Å². The second-order valence-electron chi connectivity index (χ2n) is 9.31. The fraction of sp³-hybridized carbons (Fsp3) is 0.444. The highest BCUT2D eigenvalue weighted by Gasteiger charge is 2.32. The Hall–Kier alpha value is -3.35. The first-order chi connectivity index (χ1) is 16.5. The van der Waals surface area contributed by atoms with Gasteiger partial charge < -0.3 is 20.5 Å². The van der Waals surface area contributed by atoms with E-state index in [0.29, 0.717) is 50.8 Å². The maximum atomic E-state index is 12.3. The van der Waals surface area contributed by atoms with Crippen LogP contribution in [0.3, 0.4) is 0 Å². The van der Waals surface area contributed by atoms with Gasteiger partial charge in [0.15, 0.2) is 0 Å². The third-order valence-corrected chi connectivity index (χ3v) is 6.83. The molecule has 1 fully saturated rings. The zero-order chi connectivity index (χ0) is 23.9. The zero-order valence-corrected chi connectivity index (χ0v) is 19.3. The van der Waals surface area contributed by atoms with Gasteiger partial charge in [-0.25, -0.2) is 4.79 Å². The fourth-order valence-corrected chi connectivity index (χ4v) is 5.05. The van der Waals surface area contributed by atoms with Gasteiger partial charge in [0.25, 0.3) is 0 Å². The molecule has 1 saturated carbocycles. The zero-order valence-electron chi connectivity index (χ0n) is 19.3. The molecule has 0 spiro atoms. The molecule has 0 atom stereocenters. The van der Waals surface area contributed by atoms with Crippen LogP contribution in [0.15, 0.2) is 48.5 Å². The van der Waals surface area contributed by atoms with Crippen molar-refractivity contribution in [2.45, 2.75) is 44.4 Å². The molecule has 0 aromatic heterocycles. The lowest BCUT2D eigenvalue weighted by molar-refractivity contribution is -0.137. The van der Waals surface area contributed by atoms with Crippen LogP contribution in [-0.2, 0) is 14.3 Å². The van der Waals surface area contributed by atoms with Crippen LogP contribution < -0.4 is 10.6 Å². The third kappa shape index (κ3) is 5.95. The van der Waals surface area contributed by atoms with E-state index < -0.39 is 12.1 Å². The summed E-state index contributed by atoms with van der Waals surface area (Å²) in [6, 6.07) is 16.5. The minimum absolute atomic E-state index is 0.0169. The summed E-state index contributed by atoms with van der Waals surface area (Å²) in [6.07, 6.45) is 3.30. The Balaban J connectivity index is 1.12. The standard InChI is InChI=1S/C27H32N2O5/c30-25(28-12-6-5-11-26(31)32)15-18-13-19(14-18)16-29-27(33)34-17-24-22-9-3-1-7-20(22)21-8-2-4-10-23(21)24/h1-4,7-10,18-19,24H,5-6,11-17H2,(H,28,30)(H,29,33)(H,31,32). The number of rotatable bonds is 11. The topological polar surface area (TPSA) is 105 Å². The van der Waals surface area contributed by atoms with Crippen LogP contribution in [0.2, 0.25) is 0 Å². The molecule has 3 N–H and O–H groups in total. The average molecular weight is 465 g/mol. The molecule has 2 aromatic rings. The van der Waals surface area contributed by atoms with Crippen molar-refractivity contribution in [1.82, 2.24) is 10.6 Å². The minimum atomic E-state index is -0.807. The smallest absolute Gasteiger partial charge is 0.407 e. The van der Waals surface area contributed by atoms with Gasteiger partial charge in [-0.05, 0) is 59.8 Å². The van der Waals surface area contributed by atoms with Gasteiger partial charge in [0.05, 0.1) is 0 Å². The first-order valence-electron chi connectivity index (χ1n) is 12.1. The largest absolute Gasteiger partial charge is 0.481 e. The number of unbranched alkanes of at least 4 members (excludes halogenated alkanes) is 1. The second kappa shape index (κ2) is 11.2. The van der Waals surface area contributed by atoms with E-state index in [9.17, 15) is 14.4 Å². The third-order valence-electron chi connectivity index (χ3n) is 6.83. The fourth-order valence-electron chi connectivity index (χ4n) is 5.05. The van der Waals surface area contributed by atoms with Crippen LogP contribution in [0.25, 0.3) is 11.1 Å². The maximum Gasteiger partial charge on any atom is 0.407 e. The van der Waals surface area contributed by atoms with Gasteiger partial charge >= 0.3 is 12.1 Å². The van der Waals surface area contributed by atoms with Crippen molar-refractivity contribution < 1.29 is 24.2 Å². The first kappa shape index (κ1) is 23.8. The van der Waals surface area contributed by atoms with E-state index in [1.54, 1.807) is 0 Å². The summed E-state index contributed by atoms with van der Waals surface area (Å²) in [5.41, 5.74) is 4.80. The van der Waals surface area contributed by atoms with Crippen LogP contribution in [0.1, 0.15) is 55.6 Å². The van der Waals surface area contributed by atoms with E-state index >= 15 is 0 Å². The Morgan fingerprint density at radius 2 is 1.53 bits per heavy atom. The van der Waals surface area contributed by atoms with Gasteiger partial charge in [-0.2, -0.15) is 0 Å². The Labute approximate surface area is 199 Å². The highest BCUT2D eigenvalue weighted by molar-refractivity contribution is 5.79. The molecule has 34 heavy (non-hydrogen) atoms. The van der Waals surface area contributed by atoms with Gasteiger partial charge in [-0.15, -0.1) is 0 Å². The summed E-state index contributed by atoms with van der Waals surface area (Å²) < 4.78 is 5.58. The summed E-state index contributed by atoms with van der Waals surface area (Å²) in [7, 11) is 0. The summed E-state index contributed by atoms with van der Waals surface area (Å²) in [4.78, 5) is 34.8. The molecule has 0 radical (unpaired) electrons. The molecule has 0 aliphatic heterocycles. The number of carboxylic acid groups (broad SMARTS) is 1. The quantitative estimate of drug-likeness (QED) is 0.430. The first-order valence-corrected chi connectivity index (χ1v) is 12.1. The number of carbonyl (C=O) groups excluding carboxylic acids is 2. The lowest BCUT2D eigenvalue weighted by Crippen LogP contribution is -2.38. The number of hydrogen-bond acceptors (Lipinski definition) is 4. The molecule has 2 aromatic carbocycles. The Morgan fingerprint density at radius 3 is 2.18 bits per heavy atom. The molecule has 2 aliphatic rings. The van der Waals surface area contributed by atoms with Crippen molar-refractivity contribution in [3.05, 3.63) is 59.7 Å². The molecule has 0 unspecified atom stereocenters. The Bertz CT molecular complexity index is 986. The van der Waals surface area contributed by atoms with E-state index in [0.717, 1.165) is 12.8 Å². The monoisotopic (exact) mass is 464 g/mol. The number of benzene rings is 2. The maximum absolute atomic E-state index is 12.3. The van der Waals surface area contributed by atoms with Crippen LogP contribution in [0.4, 0.5) is 4.79 Å². The lowest BCUT2D eigenvalue weighted by Gasteiger charge is -2.35. The number of hydrogen-bond donors (Lipinski definition) is 3. The number of amides is 2. The van der Waals surface area contributed by atoms with Crippen LogP contribution in [-0.4, -0.2) is 42.8 Å². The summed E-state index contributed by atoms with van der Waals surface area (Å²) in [5, 5.41) is 14.3. The molecule has 7 heteroatoms. The molecule has 0 bridgehead atoms. The normalized spacial score (nSPS) is 18.4. The SMILES string of the molecule is O=C(O)CCCCNC(=O)CC1CC(CNC(=O)OCC2c3ccccc3-c3ccccc32)C1. The molecular weight excluding hydrogens is 432 g/mol. The van der Waals surface area contributed by atoms with Crippen molar-refractivity contribution in [2.24, 2.45) is 11.8 Å². The summed E-state index contributed by atoms with van der Waals surface area (Å²) in [5.74, 6) is -0.0298. The number of carboxylic acids is 1. The highest BCUT2D eigenvalue weighted by atomic mass is 16.5.